The van der Waals surface area contributed by atoms with Gasteiger partial charge < -0.3 is 19.1 Å². The highest BCUT2D eigenvalue weighted by molar-refractivity contribution is 7.91. The van der Waals surface area contributed by atoms with Crippen molar-refractivity contribution in [2.45, 2.75) is 128 Å². The second kappa shape index (κ2) is 15.6. The van der Waals surface area contributed by atoms with Gasteiger partial charge in [-0.1, -0.05) is 51.3 Å². The molecule has 12 nitrogen and oxygen atoms in total. The van der Waals surface area contributed by atoms with Gasteiger partial charge >= 0.3 is 5.97 Å². The highest BCUT2D eigenvalue weighted by atomic mass is 32.2. The quantitative estimate of drug-likeness (QED) is 0.295. The number of sulfonamides is 1. The Morgan fingerprint density at radius 2 is 1.75 bits per heavy atom. The number of fused-ring (bicyclic) bond motifs is 3. The number of aromatic nitrogens is 1. The van der Waals surface area contributed by atoms with Gasteiger partial charge in [0.05, 0.1) is 43.6 Å². The van der Waals surface area contributed by atoms with Crippen LogP contribution in [0.2, 0.25) is 0 Å². The summed E-state index contributed by atoms with van der Waals surface area (Å²) in [6, 6.07) is 6.44. The topological polar surface area (TPSA) is 158 Å². The molecule has 4 aliphatic rings. The number of pyridine rings is 1. The Morgan fingerprint density at radius 3 is 2.40 bits per heavy atom. The molecular formula is C41H56FN3O9S. The SMILES string of the molecule is COc1cnc(O[C@@H]2C[C@H]3C(=O)C[C@]4(C(=O)NS(=O)(=O)C5(CF)CC5)C[C@H]4CCCC[C@H](C)C[C@@H](C)[C@H](CC(=O)OC(C)(C)C)C(=O)N3C2)c2ccccc12. The molecule has 2 saturated heterocycles. The number of hydrogen-bond acceptors (Lipinski definition) is 10. The molecule has 302 valence electrons. The smallest absolute Gasteiger partial charge is 0.307 e. The number of ether oxygens (including phenoxy) is 3. The Labute approximate surface area is 323 Å². The fourth-order valence-corrected chi connectivity index (χ4v) is 10.3. The molecular weight excluding hydrogens is 730 g/mol. The first kappa shape index (κ1) is 40.8. The minimum atomic E-state index is -4.31. The van der Waals surface area contributed by atoms with E-state index in [9.17, 15) is 32.0 Å². The standard InChI is InChI=1S/C41H56FN3O9S/c1-25-11-7-8-12-27-20-41(27,38(49)44-55(50,51)40(24-42)15-16-40)21-33(46)32-18-28(53-36-30-14-10-9-13-29(30)34(52-6)22-43-36)23-45(32)37(48)31(26(2)17-25)19-35(47)54-39(3,4)5/h9-10,13-14,22,25-28,31-32H,7-8,11-12,15-21,23-24H2,1-6H3,(H,44,49)/t25-,26+,27+,28+,31-,32-,41+/m0/s1. The number of methoxy groups -OCH3 is 1. The van der Waals surface area contributed by atoms with Gasteiger partial charge in [0.15, 0.2) is 5.78 Å². The number of halogens is 1. The van der Waals surface area contributed by atoms with E-state index in [-0.39, 0.29) is 68.1 Å². The van der Waals surface area contributed by atoms with E-state index in [1.54, 1.807) is 34.1 Å². The third-order valence-electron chi connectivity index (χ3n) is 12.2. The number of carbonyl (C=O) groups excluding carboxylic acids is 4. The molecule has 14 heteroatoms. The number of ketones is 1. The van der Waals surface area contributed by atoms with Crippen LogP contribution >= 0.6 is 0 Å². The van der Waals surface area contributed by atoms with Crippen LogP contribution in [0.5, 0.6) is 11.6 Å². The molecule has 1 N–H and O–H groups in total. The Morgan fingerprint density at radius 1 is 1.05 bits per heavy atom. The molecule has 2 aliphatic carbocycles. The van der Waals surface area contributed by atoms with Gasteiger partial charge in [-0.15, -0.1) is 0 Å². The van der Waals surface area contributed by atoms with E-state index in [0.717, 1.165) is 24.6 Å². The summed E-state index contributed by atoms with van der Waals surface area (Å²) in [5.41, 5.74) is -2.06. The van der Waals surface area contributed by atoms with E-state index in [1.165, 1.54) is 4.90 Å². The minimum Gasteiger partial charge on any atom is -0.494 e. The number of nitrogens with zero attached hydrogens (tertiary/aromatic N) is 2. The van der Waals surface area contributed by atoms with Crippen molar-refractivity contribution in [2.24, 2.45) is 29.1 Å². The van der Waals surface area contributed by atoms with Crippen LogP contribution in [-0.2, 0) is 33.9 Å². The Kier molecular flexibility index (Phi) is 11.6. The average molecular weight is 786 g/mol. The number of amides is 2. The monoisotopic (exact) mass is 785 g/mol. The third kappa shape index (κ3) is 8.63. The summed E-state index contributed by atoms with van der Waals surface area (Å²) in [7, 11) is -2.76. The molecule has 0 spiro atoms. The molecule has 4 fully saturated rings. The number of hydrogen-bond donors (Lipinski definition) is 1. The first-order chi connectivity index (χ1) is 25.9. The second-order valence-electron chi connectivity index (χ2n) is 17.6. The van der Waals surface area contributed by atoms with E-state index in [4.69, 9.17) is 14.2 Å². The molecule has 3 heterocycles. The lowest BCUT2D eigenvalue weighted by Crippen LogP contribution is -2.48. The lowest BCUT2D eigenvalue weighted by atomic mass is 9.81. The highest BCUT2D eigenvalue weighted by Gasteiger charge is 2.64. The number of Topliss-reactive ketones (excluding diaryl/α,β-unsaturated/α-hetero) is 1. The fourth-order valence-electron chi connectivity index (χ4n) is 8.80. The Bertz CT molecular complexity index is 1910. The maximum atomic E-state index is 14.9. The number of carbonyl (C=O) groups is 4. The van der Waals surface area contributed by atoms with E-state index >= 15 is 0 Å². The number of benzene rings is 1. The predicted molar refractivity (Wildman–Crippen MR) is 203 cm³/mol. The van der Waals surface area contributed by atoms with Crippen molar-refractivity contribution in [2.75, 3.05) is 20.3 Å². The number of esters is 1. The minimum absolute atomic E-state index is 0.0282. The van der Waals surface area contributed by atoms with Gasteiger partial charge in [-0.25, -0.2) is 17.8 Å². The molecule has 55 heavy (non-hydrogen) atoms. The summed E-state index contributed by atoms with van der Waals surface area (Å²) in [6.45, 7) is 8.34. The van der Waals surface area contributed by atoms with E-state index < -0.39 is 62.4 Å². The molecule has 2 aromatic rings. The average Bonchev–Trinajstić information content (AvgIpc) is 4.02. The fraction of sp³-hybridized carbons (Fsp3) is 0.683. The first-order valence-electron chi connectivity index (χ1n) is 19.7. The van der Waals surface area contributed by atoms with Crippen LogP contribution in [0.4, 0.5) is 4.39 Å². The summed E-state index contributed by atoms with van der Waals surface area (Å²) in [4.78, 5) is 62.8. The van der Waals surface area contributed by atoms with Gasteiger partial charge in [-0.05, 0) is 76.7 Å². The van der Waals surface area contributed by atoms with Crippen molar-refractivity contribution < 1.29 is 46.2 Å². The Hall–Kier alpha value is -3.81. The lowest BCUT2D eigenvalue weighted by molar-refractivity contribution is -0.160. The zero-order chi connectivity index (χ0) is 39.9. The van der Waals surface area contributed by atoms with Crippen LogP contribution in [-0.4, -0.2) is 84.7 Å². The molecule has 1 aromatic carbocycles. The van der Waals surface area contributed by atoms with Crippen LogP contribution < -0.4 is 14.2 Å². The van der Waals surface area contributed by atoms with Crippen molar-refractivity contribution in [3.63, 3.8) is 0 Å². The van der Waals surface area contributed by atoms with Gasteiger partial charge in [0.1, 0.15) is 28.9 Å². The summed E-state index contributed by atoms with van der Waals surface area (Å²) in [6.07, 6.45) is 4.91. The second-order valence-corrected chi connectivity index (χ2v) is 19.7. The molecule has 2 amide bonds. The van der Waals surface area contributed by atoms with Gasteiger partial charge in [-0.2, -0.15) is 0 Å². The number of rotatable bonds is 9. The molecule has 2 saturated carbocycles. The molecule has 7 atom stereocenters. The Balaban J connectivity index is 1.34. The number of nitrogens with one attached hydrogen (secondary N) is 1. The van der Waals surface area contributed by atoms with Gasteiger partial charge in [0.2, 0.25) is 27.7 Å². The van der Waals surface area contributed by atoms with Crippen LogP contribution in [0.15, 0.2) is 30.5 Å². The van der Waals surface area contributed by atoms with Crippen molar-refractivity contribution >= 4 is 44.4 Å². The summed E-state index contributed by atoms with van der Waals surface area (Å²) < 4.78 is 58.6. The van der Waals surface area contributed by atoms with Crippen LogP contribution in [0, 0.1) is 29.1 Å². The molecule has 0 unspecified atom stereocenters. The maximum Gasteiger partial charge on any atom is 0.307 e. The molecule has 1 aromatic heterocycles. The van der Waals surface area contributed by atoms with Gasteiger partial charge in [0.25, 0.3) is 0 Å². The molecule has 6 rings (SSSR count). The molecule has 0 bridgehead atoms. The predicted octanol–water partition coefficient (Wildman–Crippen LogP) is 6.09. The van der Waals surface area contributed by atoms with Crippen molar-refractivity contribution in [3.05, 3.63) is 30.5 Å². The van der Waals surface area contributed by atoms with Gasteiger partial charge in [0, 0.05) is 23.6 Å². The van der Waals surface area contributed by atoms with Crippen LogP contribution in [0.25, 0.3) is 10.8 Å². The van der Waals surface area contributed by atoms with Crippen LogP contribution in [0.1, 0.15) is 105 Å². The maximum absolute atomic E-state index is 14.9. The van der Waals surface area contributed by atoms with Crippen molar-refractivity contribution in [1.82, 2.24) is 14.6 Å². The summed E-state index contributed by atoms with van der Waals surface area (Å²) in [5, 5.41) is 1.47. The summed E-state index contributed by atoms with van der Waals surface area (Å²) >= 11 is 0. The van der Waals surface area contributed by atoms with Crippen molar-refractivity contribution in [1.29, 1.82) is 0 Å². The van der Waals surface area contributed by atoms with E-state index in [2.05, 4.69) is 16.6 Å². The zero-order valence-corrected chi connectivity index (χ0v) is 33.7. The van der Waals surface area contributed by atoms with Gasteiger partial charge in [-0.3, -0.25) is 23.9 Å². The molecule has 2 aliphatic heterocycles. The normalized spacial score (nSPS) is 30.0. The van der Waals surface area contributed by atoms with E-state index in [0.29, 0.717) is 36.3 Å². The lowest BCUT2D eigenvalue weighted by Gasteiger charge is -2.32. The number of alkyl halides is 1. The first-order valence-corrected chi connectivity index (χ1v) is 21.2. The summed E-state index contributed by atoms with van der Waals surface area (Å²) in [5.74, 6) is -2.20. The molecule has 0 radical (unpaired) electrons. The largest absolute Gasteiger partial charge is 0.494 e. The zero-order valence-electron chi connectivity index (χ0n) is 32.9. The highest BCUT2D eigenvalue weighted by Crippen LogP contribution is 2.59. The van der Waals surface area contributed by atoms with E-state index in [1.807, 2.05) is 31.2 Å². The third-order valence-corrected chi connectivity index (χ3v) is 14.4. The van der Waals surface area contributed by atoms with Crippen molar-refractivity contribution in [3.8, 4) is 11.6 Å². The van der Waals surface area contributed by atoms with Crippen LogP contribution in [0.3, 0.4) is 0 Å².